The number of hydrazine groups is 1. The van der Waals surface area contributed by atoms with E-state index in [2.05, 4.69) is 17.8 Å². The number of nitrogens with zero attached hydrogens (tertiary/aromatic N) is 1. The predicted octanol–water partition coefficient (Wildman–Crippen LogP) is 3.70. The first kappa shape index (κ1) is 22.9. The standard InChI is InChI=1S/C23H29N3O4/c1-4-5-6-9-16-30-19-14-12-18(13-15-19)22(28)24-25-23(29)20-10-7-8-11-21(20)26(3)17(2)27/h7-8,10-15H,4-6,9,16H2,1-3H3,(H,24,28)(H,25,29). The van der Waals surface area contributed by atoms with E-state index in [0.29, 0.717) is 23.6 Å². The Morgan fingerprint density at radius 1 is 0.900 bits per heavy atom. The molecule has 0 atom stereocenters. The van der Waals surface area contributed by atoms with Crippen LogP contribution in [-0.2, 0) is 4.79 Å². The molecule has 30 heavy (non-hydrogen) atoms. The van der Waals surface area contributed by atoms with Crippen molar-refractivity contribution in [2.75, 3.05) is 18.6 Å². The molecule has 160 valence electrons. The molecule has 0 heterocycles. The number of anilines is 1. The minimum Gasteiger partial charge on any atom is -0.494 e. The fourth-order valence-electron chi connectivity index (χ4n) is 2.80. The van der Waals surface area contributed by atoms with Gasteiger partial charge in [0.05, 0.1) is 17.9 Å². The Balaban J connectivity index is 1.90. The Labute approximate surface area is 177 Å². The van der Waals surface area contributed by atoms with Gasteiger partial charge in [-0.3, -0.25) is 25.2 Å². The van der Waals surface area contributed by atoms with Gasteiger partial charge in [-0.2, -0.15) is 0 Å². The van der Waals surface area contributed by atoms with Gasteiger partial charge in [-0.1, -0.05) is 38.3 Å². The zero-order chi connectivity index (χ0) is 21.9. The van der Waals surface area contributed by atoms with Crippen molar-refractivity contribution in [1.29, 1.82) is 0 Å². The Kier molecular flexibility index (Phi) is 8.87. The van der Waals surface area contributed by atoms with E-state index in [4.69, 9.17) is 4.74 Å². The van der Waals surface area contributed by atoms with Gasteiger partial charge in [-0.25, -0.2) is 0 Å². The topological polar surface area (TPSA) is 87.7 Å². The second kappa shape index (κ2) is 11.6. The molecule has 0 fully saturated rings. The largest absolute Gasteiger partial charge is 0.494 e. The van der Waals surface area contributed by atoms with Gasteiger partial charge in [-0.05, 0) is 42.8 Å². The average Bonchev–Trinajstić information content (AvgIpc) is 2.77. The number of benzene rings is 2. The molecule has 0 aliphatic carbocycles. The summed E-state index contributed by atoms with van der Waals surface area (Å²) in [6, 6.07) is 13.4. The van der Waals surface area contributed by atoms with Crippen LogP contribution in [0.3, 0.4) is 0 Å². The summed E-state index contributed by atoms with van der Waals surface area (Å²) in [6.45, 7) is 4.22. The molecule has 0 aliphatic heterocycles. The fraction of sp³-hybridized carbons (Fsp3) is 0.348. The molecule has 3 amide bonds. The minimum atomic E-state index is -0.515. The lowest BCUT2D eigenvalue weighted by Crippen LogP contribution is -2.42. The van der Waals surface area contributed by atoms with Crippen LogP contribution in [0.5, 0.6) is 5.75 Å². The van der Waals surface area contributed by atoms with Gasteiger partial charge < -0.3 is 9.64 Å². The third kappa shape index (κ3) is 6.62. The molecule has 0 saturated heterocycles. The van der Waals surface area contributed by atoms with Crippen molar-refractivity contribution in [1.82, 2.24) is 10.9 Å². The summed E-state index contributed by atoms with van der Waals surface area (Å²) in [6.07, 6.45) is 4.52. The summed E-state index contributed by atoms with van der Waals surface area (Å²) in [5.41, 5.74) is 5.91. The zero-order valence-electron chi connectivity index (χ0n) is 17.7. The van der Waals surface area contributed by atoms with Crippen molar-refractivity contribution in [3.8, 4) is 5.75 Å². The highest BCUT2D eigenvalue weighted by Crippen LogP contribution is 2.19. The van der Waals surface area contributed by atoms with Gasteiger partial charge in [0.15, 0.2) is 0 Å². The summed E-state index contributed by atoms with van der Waals surface area (Å²) >= 11 is 0. The van der Waals surface area contributed by atoms with Crippen molar-refractivity contribution >= 4 is 23.4 Å². The van der Waals surface area contributed by atoms with Crippen LogP contribution in [0.25, 0.3) is 0 Å². The number of unbranched alkanes of at least 4 members (excludes halogenated alkanes) is 3. The van der Waals surface area contributed by atoms with Gasteiger partial charge in [0.1, 0.15) is 5.75 Å². The first-order valence-electron chi connectivity index (χ1n) is 10.1. The SMILES string of the molecule is CCCCCCOc1ccc(C(=O)NNC(=O)c2ccccc2N(C)C(C)=O)cc1. The monoisotopic (exact) mass is 411 g/mol. The summed E-state index contributed by atoms with van der Waals surface area (Å²) < 4.78 is 5.66. The number of amides is 3. The van der Waals surface area contributed by atoms with E-state index >= 15 is 0 Å². The third-order valence-electron chi connectivity index (χ3n) is 4.66. The van der Waals surface area contributed by atoms with E-state index in [1.165, 1.54) is 24.7 Å². The van der Waals surface area contributed by atoms with Crippen molar-refractivity contribution in [2.24, 2.45) is 0 Å². The first-order valence-corrected chi connectivity index (χ1v) is 10.1. The number of ether oxygens (including phenoxy) is 1. The van der Waals surface area contributed by atoms with Gasteiger partial charge in [0.25, 0.3) is 11.8 Å². The highest BCUT2D eigenvalue weighted by molar-refractivity contribution is 6.05. The van der Waals surface area contributed by atoms with E-state index in [0.717, 1.165) is 12.8 Å². The maximum absolute atomic E-state index is 12.5. The van der Waals surface area contributed by atoms with Crippen molar-refractivity contribution in [3.63, 3.8) is 0 Å². The molecular weight excluding hydrogens is 382 g/mol. The molecule has 2 aromatic rings. The molecule has 2 aromatic carbocycles. The van der Waals surface area contributed by atoms with Crippen LogP contribution < -0.4 is 20.5 Å². The van der Waals surface area contributed by atoms with Crippen molar-refractivity contribution in [2.45, 2.75) is 39.5 Å². The smallest absolute Gasteiger partial charge is 0.271 e. The van der Waals surface area contributed by atoms with E-state index in [-0.39, 0.29) is 11.5 Å². The highest BCUT2D eigenvalue weighted by atomic mass is 16.5. The normalized spacial score (nSPS) is 10.2. The van der Waals surface area contributed by atoms with Gasteiger partial charge in [0.2, 0.25) is 5.91 Å². The number of nitrogens with one attached hydrogen (secondary N) is 2. The third-order valence-corrected chi connectivity index (χ3v) is 4.66. The summed E-state index contributed by atoms with van der Waals surface area (Å²) in [5.74, 6) is -0.463. The van der Waals surface area contributed by atoms with Gasteiger partial charge in [0, 0.05) is 19.5 Å². The predicted molar refractivity (Wildman–Crippen MR) is 117 cm³/mol. The lowest BCUT2D eigenvalue weighted by Gasteiger charge is -2.18. The van der Waals surface area contributed by atoms with E-state index in [1.807, 2.05) is 0 Å². The average molecular weight is 412 g/mol. The lowest BCUT2D eigenvalue weighted by atomic mass is 10.1. The number of carbonyl (C=O) groups is 3. The zero-order valence-corrected chi connectivity index (χ0v) is 17.7. The molecule has 2 N–H and O–H groups in total. The Bertz CT molecular complexity index is 865. The van der Waals surface area contributed by atoms with Crippen LogP contribution >= 0.6 is 0 Å². The number of hydrogen-bond donors (Lipinski definition) is 2. The van der Waals surface area contributed by atoms with Gasteiger partial charge >= 0.3 is 0 Å². The second-order valence-electron chi connectivity index (χ2n) is 6.94. The number of rotatable bonds is 9. The molecule has 2 rings (SSSR count). The van der Waals surface area contributed by atoms with Crippen molar-refractivity contribution < 1.29 is 19.1 Å². The minimum absolute atomic E-state index is 0.202. The summed E-state index contributed by atoms with van der Waals surface area (Å²) in [5, 5.41) is 0. The number of carbonyl (C=O) groups excluding carboxylic acids is 3. The molecule has 0 aromatic heterocycles. The molecule has 0 unspecified atom stereocenters. The molecule has 0 spiro atoms. The lowest BCUT2D eigenvalue weighted by molar-refractivity contribution is -0.116. The first-order chi connectivity index (χ1) is 14.4. The Hall–Kier alpha value is -3.35. The van der Waals surface area contributed by atoms with Gasteiger partial charge in [-0.15, -0.1) is 0 Å². The van der Waals surface area contributed by atoms with Crippen LogP contribution in [-0.4, -0.2) is 31.4 Å². The van der Waals surface area contributed by atoms with Crippen LogP contribution in [0.4, 0.5) is 5.69 Å². The van der Waals surface area contributed by atoms with E-state index in [9.17, 15) is 14.4 Å². The molecule has 0 saturated carbocycles. The van der Waals surface area contributed by atoms with Crippen LogP contribution in [0.15, 0.2) is 48.5 Å². The quantitative estimate of drug-likeness (QED) is 0.486. The molecule has 7 nitrogen and oxygen atoms in total. The number of para-hydroxylation sites is 1. The maximum atomic E-state index is 12.5. The Morgan fingerprint density at radius 2 is 1.57 bits per heavy atom. The maximum Gasteiger partial charge on any atom is 0.271 e. The molecule has 0 radical (unpaired) electrons. The van der Waals surface area contributed by atoms with Crippen LogP contribution in [0, 0.1) is 0 Å². The van der Waals surface area contributed by atoms with Crippen LogP contribution in [0.1, 0.15) is 60.2 Å². The molecular formula is C23H29N3O4. The second-order valence-corrected chi connectivity index (χ2v) is 6.94. The van der Waals surface area contributed by atoms with Crippen LogP contribution in [0.2, 0.25) is 0 Å². The highest BCUT2D eigenvalue weighted by Gasteiger charge is 2.17. The molecule has 0 aliphatic rings. The van der Waals surface area contributed by atoms with E-state index < -0.39 is 11.8 Å². The summed E-state index contributed by atoms with van der Waals surface area (Å²) in [7, 11) is 1.58. The molecule has 7 heteroatoms. The summed E-state index contributed by atoms with van der Waals surface area (Å²) in [4.78, 5) is 37.8. The fourth-order valence-corrected chi connectivity index (χ4v) is 2.80. The number of hydrogen-bond acceptors (Lipinski definition) is 4. The van der Waals surface area contributed by atoms with E-state index in [1.54, 1.807) is 55.6 Å². The van der Waals surface area contributed by atoms with Crippen molar-refractivity contribution in [3.05, 3.63) is 59.7 Å². The molecule has 0 bridgehead atoms. The Morgan fingerprint density at radius 3 is 2.23 bits per heavy atom.